The second-order valence-corrected chi connectivity index (χ2v) is 4.72. The van der Waals surface area contributed by atoms with Gasteiger partial charge in [0.15, 0.2) is 11.3 Å². The minimum atomic E-state index is -0.113. The van der Waals surface area contributed by atoms with E-state index in [1.807, 2.05) is 13.8 Å². The van der Waals surface area contributed by atoms with Crippen molar-refractivity contribution >= 4 is 40.0 Å². The Kier molecular flexibility index (Phi) is 2.96. The number of rotatable bonds is 2. The summed E-state index contributed by atoms with van der Waals surface area (Å²) < 4.78 is 5.44. The molecule has 2 nitrogen and oxygen atoms in total. The zero-order chi connectivity index (χ0) is 11.9. The lowest BCUT2D eigenvalue weighted by atomic mass is 10.1. The molecule has 16 heavy (non-hydrogen) atoms. The fraction of sp³-hybridized carbons (Fsp3) is 0.250. The highest BCUT2D eigenvalue weighted by molar-refractivity contribution is 6.39. The maximum atomic E-state index is 11.8. The topological polar surface area (TPSA) is 30.2 Å². The van der Waals surface area contributed by atoms with Crippen molar-refractivity contribution in [2.45, 2.75) is 13.8 Å². The first-order valence-electron chi connectivity index (χ1n) is 4.92. The third-order valence-electron chi connectivity index (χ3n) is 2.35. The Bertz CT molecular complexity index is 516. The van der Waals surface area contributed by atoms with Gasteiger partial charge in [-0.2, -0.15) is 0 Å². The highest BCUT2D eigenvalue weighted by Gasteiger charge is 2.18. The van der Waals surface area contributed by atoms with Crippen LogP contribution in [0.5, 0.6) is 0 Å². The van der Waals surface area contributed by atoms with Gasteiger partial charge in [0, 0.05) is 11.3 Å². The summed E-state index contributed by atoms with van der Waals surface area (Å²) in [6, 6.07) is 4.98. The molecular weight excluding hydrogens is 247 g/mol. The average Bonchev–Trinajstić information content (AvgIpc) is 2.68. The van der Waals surface area contributed by atoms with Crippen molar-refractivity contribution in [3.63, 3.8) is 0 Å². The molecule has 1 aromatic heterocycles. The van der Waals surface area contributed by atoms with Crippen LogP contribution < -0.4 is 0 Å². The smallest absolute Gasteiger partial charge is 0.200 e. The molecule has 0 amide bonds. The lowest BCUT2D eigenvalue weighted by Crippen LogP contribution is -2.05. The normalized spacial score (nSPS) is 11.3. The van der Waals surface area contributed by atoms with Crippen LogP contribution in [0.2, 0.25) is 10.0 Å². The summed E-state index contributed by atoms with van der Waals surface area (Å²) in [5, 5.41) is 1.67. The summed E-state index contributed by atoms with van der Waals surface area (Å²) in [6.07, 6.45) is 0. The SMILES string of the molecule is CC(C)C(=O)c1cc2c(Cl)ccc(Cl)c2o1. The molecule has 0 N–H and O–H groups in total. The van der Waals surface area contributed by atoms with Gasteiger partial charge in [-0.25, -0.2) is 0 Å². The van der Waals surface area contributed by atoms with Crippen LogP contribution in [-0.4, -0.2) is 5.78 Å². The second kappa shape index (κ2) is 4.11. The van der Waals surface area contributed by atoms with Crippen LogP contribution in [0.4, 0.5) is 0 Å². The number of benzene rings is 1. The van der Waals surface area contributed by atoms with E-state index in [0.29, 0.717) is 26.8 Å². The average molecular weight is 257 g/mol. The number of Topliss-reactive ketones (excluding diaryl/α,β-unsaturated/α-hetero) is 1. The number of carbonyl (C=O) groups excluding carboxylic acids is 1. The minimum absolute atomic E-state index is 0.0525. The molecule has 0 saturated heterocycles. The third kappa shape index (κ3) is 1.83. The fourth-order valence-corrected chi connectivity index (χ4v) is 1.87. The van der Waals surface area contributed by atoms with Gasteiger partial charge in [0.25, 0.3) is 0 Å². The van der Waals surface area contributed by atoms with Crippen LogP contribution in [0, 0.1) is 5.92 Å². The molecule has 0 fully saturated rings. The van der Waals surface area contributed by atoms with E-state index in [0.717, 1.165) is 0 Å². The molecule has 2 rings (SSSR count). The molecule has 0 bridgehead atoms. The van der Waals surface area contributed by atoms with E-state index in [2.05, 4.69) is 0 Å². The summed E-state index contributed by atoms with van der Waals surface area (Å²) >= 11 is 12.0. The Morgan fingerprint density at radius 2 is 1.88 bits per heavy atom. The quantitative estimate of drug-likeness (QED) is 0.737. The first-order chi connectivity index (χ1) is 7.50. The Balaban J connectivity index is 2.64. The van der Waals surface area contributed by atoms with Gasteiger partial charge in [-0.3, -0.25) is 4.79 Å². The molecule has 1 heterocycles. The molecule has 0 saturated carbocycles. The lowest BCUT2D eigenvalue weighted by Gasteiger charge is -1.98. The van der Waals surface area contributed by atoms with E-state index in [9.17, 15) is 4.79 Å². The van der Waals surface area contributed by atoms with Crippen molar-refractivity contribution in [2.24, 2.45) is 5.92 Å². The standard InChI is InChI=1S/C12H10Cl2O2/c1-6(2)11(15)10-5-7-8(13)3-4-9(14)12(7)16-10/h3-6H,1-2H3. The maximum Gasteiger partial charge on any atom is 0.200 e. The van der Waals surface area contributed by atoms with Crippen LogP contribution in [0.3, 0.4) is 0 Å². The predicted octanol–water partition coefficient (Wildman–Crippen LogP) is 4.58. The van der Waals surface area contributed by atoms with E-state index in [4.69, 9.17) is 27.6 Å². The van der Waals surface area contributed by atoms with E-state index >= 15 is 0 Å². The Labute approximate surface area is 103 Å². The van der Waals surface area contributed by atoms with Gasteiger partial charge in [0.05, 0.1) is 10.0 Å². The summed E-state index contributed by atoms with van der Waals surface area (Å²) in [4.78, 5) is 11.8. The summed E-state index contributed by atoms with van der Waals surface area (Å²) in [5.41, 5.74) is 0.471. The van der Waals surface area contributed by atoms with Crippen molar-refractivity contribution in [1.82, 2.24) is 0 Å². The summed E-state index contributed by atoms with van der Waals surface area (Å²) in [7, 11) is 0. The fourth-order valence-electron chi connectivity index (χ4n) is 1.46. The molecule has 0 atom stereocenters. The number of ketones is 1. The first-order valence-corrected chi connectivity index (χ1v) is 5.68. The monoisotopic (exact) mass is 256 g/mol. The molecule has 0 aliphatic carbocycles. The number of furan rings is 1. The lowest BCUT2D eigenvalue weighted by molar-refractivity contribution is 0.0913. The van der Waals surface area contributed by atoms with Crippen molar-refractivity contribution in [3.8, 4) is 0 Å². The second-order valence-electron chi connectivity index (χ2n) is 3.90. The number of hydrogen-bond donors (Lipinski definition) is 0. The molecule has 0 aliphatic heterocycles. The molecular formula is C12H10Cl2O2. The number of halogens is 2. The van der Waals surface area contributed by atoms with E-state index in [-0.39, 0.29) is 11.7 Å². The van der Waals surface area contributed by atoms with Crippen molar-refractivity contribution in [1.29, 1.82) is 0 Å². The molecule has 0 radical (unpaired) electrons. The van der Waals surface area contributed by atoms with Crippen LogP contribution in [-0.2, 0) is 0 Å². The Morgan fingerprint density at radius 3 is 2.44 bits per heavy atom. The molecule has 0 unspecified atom stereocenters. The van der Waals surface area contributed by atoms with E-state index in [1.165, 1.54) is 0 Å². The van der Waals surface area contributed by atoms with Crippen molar-refractivity contribution in [2.75, 3.05) is 0 Å². The number of carbonyl (C=O) groups is 1. The summed E-state index contributed by atoms with van der Waals surface area (Å²) in [5.74, 6) is 0.140. The minimum Gasteiger partial charge on any atom is -0.451 e. The first kappa shape index (κ1) is 11.5. The molecule has 84 valence electrons. The van der Waals surface area contributed by atoms with Gasteiger partial charge in [0.1, 0.15) is 0 Å². The Hall–Kier alpha value is -0.990. The largest absolute Gasteiger partial charge is 0.451 e. The van der Waals surface area contributed by atoms with Gasteiger partial charge in [-0.15, -0.1) is 0 Å². The number of hydrogen-bond acceptors (Lipinski definition) is 2. The summed E-state index contributed by atoms with van der Waals surface area (Å²) in [6.45, 7) is 3.64. The van der Waals surface area contributed by atoms with Gasteiger partial charge >= 0.3 is 0 Å². The third-order valence-corrected chi connectivity index (χ3v) is 2.98. The molecule has 0 spiro atoms. The van der Waals surface area contributed by atoms with E-state index < -0.39 is 0 Å². The van der Waals surface area contributed by atoms with Crippen LogP contribution in [0.1, 0.15) is 24.4 Å². The number of fused-ring (bicyclic) bond motifs is 1. The molecule has 0 aliphatic rings. The predicted molar refractivity (Wildman–Crippen MR) is 65.4 cm³/mol. The zero-order valence-corrected chi connectivity index (χ0v) is 10.4. The van der Waals surface area contributed by atoms with Crippen LogP contribution in [0.25, 0.3) is 11.0 Å². The zero-order valence-electron chi connectivity index (χ0n) is 8.88. The van der Waals surface area contributed by atoms with Crippen LogP contribution >= 0.6 is 23.2 Å². The Morgan fingerprint density at radius 1 is 1.25 bits per heavy atom. The van der Waals surface area contributed by atoms with E-state index in [1.54, 1.807) is 18.2 Å². The van der Waals surface area contributed by atoms with Crippen molar-refractivity contribution < 1.29 is 9.21 Å². The highest BCUT2D eigenvalue weighted by Crippen LogP contribution is 2.33. The van der Waals surface area contributed by atoms with Gasteiger partial charge in [0.2, 0.25) is 5.78 Å². The molecule has 1 aromatic carbocycles. The van der Waals surface area contributed by atoms with Gasteiger partial charge < -0.3 is 4.42 Å². The van der Waals surface area contributed by atoms with Gasteiger partial charge in [-0.1, -0.05) is 37.0 Å². The maximum absolute atomic E-state index is 11.8. The van der Waals surface area contributed by atoms with Crippen LogP contribution in [0.15, 0.2) is 22.6 Å². The molecule has 2 aromatic rings. The molecule has 4 heteroatoms. The van der Waals surface area contributed by atoms with Gasteiger partial charge in [-0.05, 0) is 18.2 Å². The highest BCUT2D eigenvalue weighted by atomic mass is 35.5. The van der Waals surface area contributed by atoms with Crippen molar-refractivity contribution in [3.05, 3.63) is 34.0 Å².